The van der Waals surface area contributed by atoms with Crippen molar-refractivity contribution >= 4 is 17.8 Å². The van der Waals surface area contributed by atoms with Gasteiger partial charge in [0.1, 0.15) is 5.75 Å². The van der Waals surface area contributed by atoms with Gasteiger partial charge in [-0.2, -0.15) is 0 Å². The minimum absolute atomic E-state index is 0.0657. The molecule has 0 saturated carbocycles. The number of likely N-dealkylation sites (tertiary alicyclic amines) is 1. The molecule has 1 aromatic carbocycles. The molecule has 1 saturated heterocycles. The third kappa shape index (κ3) is 8.14. The molecule has 0 spiro atoms. The van der Waals surface area contributed by atoms with E-state index in [4.69, 9.17) is 4.74 Å². The maximum atomic E-state index is 13.1. The lowest BCUT2D eigenvalue weighted by molar-refractivity contribution is -0.130. The van der Waals surface area contributed by atoms with Crippen molar-refractivity contribution in [2.75, 3.05) is 51.8 Å². The number of benzene rings is 1. The highest BCUT2D eigenvalue weighted by Crippen LogP contribution is 2.28. The van der Waals surface area contributed by atoms with Gasteiger partial charge in [0, 0.05) is 70.4 Å². The van der Waals surface area contributed by atoms with Gasteiger partial charge in [-0.3, -0.25) is 14.5 Å². The largest absolute Gasteiger partial charge is 0.493 e. The Balaban J connectivity index is 1.39. The summed E-state index contributed by atoms with van der Waals surface area (Å²) < 4.78 is 6.17. The van der Waals surface area contributed by atoms with Crippen LogP contribution in [-0.2, 0) is 22.6 Å². The van der Waals surface area contributed by atoms with E-state index in [1.165, 1.54) is 0 Å². The zero-order valence-corrected chi connectivity index (χ0v) is 24.0. The van der Waals surface area contributed by atoms with Crippen molar-refractivity contribution in [1.29, 1.82) is 0 Å². The summed E-state index contributed by atoms with van der Waals surface area (Å²) in [5.74, 6) is 2.06. The van der Waals surface area contributed by atoms with E-state index in [2.05, 4.69) is 46.2 Å². The van der Waals surface area contributed by atoms with Crippen molar-refractivity contribution in [3.63, 3.8) is 0 Å². The van der Waals surface area contributed by atoms with Gasteiger partial charge in [0.25, 0.3) is 0 Å². The van der Waals surface area contributed by atoms with Crippen LogP contribution >= 0.6 is 0 Å². The van der Waals surface area contributed by atoms with Crippen LogP contribution in [0.3, 0.4) is 0 Å². The number of fused-ring (bicyclic) bond motifs is 1. The zero-order valence-electron chi connectivity index (χ0n) is 24.0. The molecule has 1 N–H and O–H groups in total. The maximum absolute atomic E-state index is 13.1. The van der Waals surface area contributed by atoms with Crippen molar-refractivity contribution in [2.24, 2.45) is 0 Å². The predicted octanol–water partition coefficient (Wildman–Crippen LogP) is 3.38. The van der Waals surface area contributed by atoms with Gasteiger partial charge in [-0.25, -0.2) is 9.97 Å². The van der Waals surface area contributed by atoms with Gasteiger partial charge < -0.3 is 19.9 Å². The number of aromatic nitrogens is 2. The lowest BCUT2D eigenvalue weighted by Crippen LogP contribution is -2.40. The lowest BCUT2D eigenvalue weighted by atomic mass is 10.0. The van der Waals surface area contributed by atoms with Crippen molar-refractivity contribution in [3.8, 4) is 5.75 Å². The minimum Gasteiger partial charge on any atom is -0.493 e. The Hall–Kier alpha value is -3.20. The fourth-order valence-electron chi connectivity index (χ4n) is 5.19. The van der Waals surface area contributed by atoms with Gasteiger partial charge >= 0.3 is 0 Å². The van der Waals surface area contributed by atoms with Gasteiger partial charge in [-0.1, -0.05) is 12.1 Å². The number of nitrogens with one attached hydrogen (secondary N) is 1. The standard InChI is InChI=1S/C30H44N6O3/c1-22(2)36-20-25-18-23(8-10-27(25)39-17-7-5-6-14-31-28(37)21-36)9-11-29(38)35-16-13-24(19-35)26-12-15-32-30(33-26)34(3)4/h8,10,12,15,18,22,24H,5-7,9,11,13-14,16-17,19-21H2,1-4H3,(H,31,37). The molecule has 2 aliphatic rings. The third-order valence-corrected chi connectivity index (χ3v) is 7.63. The van der Waals surface area contributed by atoms with E-state index in [9.17, 15) is 9.59 Å². The molecule has 2 amide bonds. The van der Waals surface area contributed by atoms with E-state index >= 15 is 0 Å². The molecule has 4 rings (SSSR count). The lowest BCUT2D eigenvalue weighted by Gasteiger charge is -2.27. The summed E-state index contributed by atoms with van der Waals surface area (Å²) in [5.41, 5.74) is 3.19. The monoisotopic (exact) mass is 536 g/mol. The molecule has 1 unspecified atom stereocenters. The Kier molecular flexibility index (Phi) is 10.1. The normalized spacial score (nSPS) is 19.4. The first-order valence-corrected chi connectivity index (χ1v) is 14.3. The van der Waals surface area contributed by atoms with Crippen LogP contribution in [0.25, 0.3) is 0 Å². The molecular formula is C30H44N6O3. The number of rotatable bonds is 6. The number of hydrogen-bond acceptors (Lipinski definition) is 7. The summed E-state index contributed by atoms with van der Waals surface area (Å²) in [5, 5.41) is 3.05. The van der Waals surface area contributed by atoms with Crippen LogP contribution in [0.1, 0.15) is 68.7 Å². The zero-order chi connectivity index (χ0) is 27.8. The Morgan fingerprint density at radius 1 is 1.18 bits per heavy atom. The summed E-state index contributed by atoms with van der Waals surface area (Å²) >= 11 is 0. The number of aryl methyl sites for hydroxylation is 1. The number of carbonyl (C=O) groups excluding carboxylic acids is 2. The average molecular weight is 537 g/mol. The molecule has 39 heavy (non-hydrogen) atoms. The number of carbonyl (C=O) groups is 2. The van der Waals surface area contributed by atoms with Gasteiger partial charge in [-0.05, 0) is 63.6 Å². The highest BCUT2D eigenvalue weighted by molar-refractivity contribution is 5.78. The van der Waals surface area contributed by atoms with Crippen LogP contribution in [0.2, 0.25) is 0 Å². The molecule has 3 heterocycles. The van der Waals surface area contributed by atoms with Gasteiger partial charge in [0.2, 0.25) is 17.8 Å². The first kappa shape index (κ1) is 28.8. The maximum Gasteiger partial charge on any atom is 0.234 e. The third-order valence-electron chi connectivity index (χ3n) is 7.63. The number of anilines is 1. The Morgan fingerprint density at radius 2 is 2.03 bits per heavy atom. The second-order valence-electron chi connectivity index (χ2n) is 11.2. The SMILES string of the molecule is CC(C)N1CC(=O)NCCCCCOc2ccc(CCC(=O)N3CCC(c4ccnc(N(C)C)n4)C3)cc2C1. The van der Waals surface area contributed by atoms with Gasteiger partial charge in [-0.15, -0.1) is 0 Å². The Bertz CT molecular complexity index is 1120. The van der Waals surface area contributed by atoms with Crippen molar-refractivity contribution < 1.29 is 14.3 Å². The first-order valence-electron chi connectivity index (χ1n) is 14.3. The Morgan fingerprint density at radius 3 is 2.82 bits per heavy atom. The fourth-order valence-corrected chi connectivity index (χ4v) is 5.19. The molecule has 2 aromatic rings. The molecule has 0 aliphatic carbocycles. The smallest absolute Gasteiger partial charge is 0.234 e. The molecule has 1 aromatic heterocycles. The number of nitrogens with zero attached hydrogens (tertiary/aromatic N) is 5. The molecular weight excluding hydrogens is 492 g/mol. The molecule has 0 bridgehead atoms. The second-order valence-corrected chi connectivity index (χ2v) is 11.2. The summed E-state index contributed by atoms with van der Waals surface area (Å²) in [4.78, 5) is 40.7. The topological polar surface area (TPSA) is 90.9 Å². The highest BCUT2D eigenvalue weighted by atomic mass is 16.5. The van der Waals surface area contributed by atoms with Crippen LogP contribution in [0.5, 0.6) is 5.75 Å². The number of ether oxygens (including phenoxy) is 1. The molecule has 0 radical (unpaired) electrons. The fraction of sp³-hybridized carbons (Fsp3) is 0.600. The predicted molar refractivity (Wildman–Crippen MR) is 153 cm³/mol. The highest BCUT2D eigenvalue weighted by Gasteiger charge is 2.28. The molecule has 1 atom stereocenters. The van der Waals surface area contributed by atoms with Crippen LogP contribution < -0.4 is 15.0 Å². The molecule has 212 valence electrons. The van der Waals surface area contributed by atoms with E-state index < -0.39 is 0 Å². The summed E-state index contributed by atoms with van der Waals surface area (Å²) in [6.45, 7) is 8.05. The van der Waals surface area contributed by atoms with E-state index in [1.807, 2.05) is 36.0 Å². The second kappa shape index (κ2) is 13.7. The van der Waals surface area contributed by atoms with E-state index in [-0.39, 0.29) is 23.8 Å². The van der Waals surface area contributed by atoms with E-state index in [0.717, 1.165) is 54.8 Å². The number of amides is 2. The van der Waals surface area contributed by atoms with Gasteiger partial charge in [0.05, 0.1) is 18.8 Å². The molecule has 9 heteroatoms. The van der Waals surface area contributed by atoms with Crippen molar-refractivity contribution in [3.05, 3.63) is 47.3 Å². The van der Waals surface area contributed by atoms with Crippen molar-refractivity contribution in [2.45, 2.75) is 70.9 Å². The van der Waals surface area contributed by atoms with Crippen molar-refractivity contribution in [1.82, 2.24) is 25.1 Å². The average Bonchev–Trinajstić information content (AvgIpc) is 3.42. The quantitative estimate of drug-likeness (QED) is 0.605. The Labute approximate surface area is 232 Å². The summed E-state index contributed by atoms with van der Waals surface area (Å²) in [6.07, 6.45) is 6.81. The first-order chi connectivity index (χ1) is 18.8. The molecule has 1 fully saturated rings. The minimum atomic E-state index is 0.0657. The van der Waals surface area contributed by atoms with Gasteiger partial charge in [0.15, 0.2) is 0 Å². The van der Waals surface area contributed by atoms with E-state index in [1.54, 1.807) is 6.20 Å². The summed E-state index contributed by atoms with van der Waals surface area (Å²) in [6, 6.07) is 8.45. The van der Waals surface area contributed by atoms with Crippen LogP contribution in [0.15, 0.2) is 30.5 Å². The molecule has 9 nitrogen and oxygen atoms in total. The van der Waals surface area contributed by atoms with E-state index in [0.29, 0.717) is 51.6 Å². The molecule has 2 aliphatic heterocycles. The summed E-state index contributed by atoms with van der Waals surface area (Å²) in [7, 11) is 3.87. The van der Waals surface area contributed by atoms with Crippen LogP contribution in [-0.4, -0.2) is 84.5 Å². The van der Waals surface area contributed by atoms with Crippen LogP contribution in [0, 0.1) is 0 Å². The number of hydrogen-bond donors (Lipinski definition) is 1. The van der Waals surface area contributed by atoms with Crippen LogP contribution in [0.4, 0.5) is 5.95 Å².